The van der Waals surface area contributed by atoms with Crippen LogP contribution in [0.2, 0.25) is 0 Å². The quantitative estimate of drug-likeness (QED) is 0.783. The van der Waals surface area contributed by atoms with Gasteiger partial charge in [0.05, 0.1) is 12.0 Å². The van der Waals surface area contributed by atoms with Gasteiger partial charge >= 0.3 is 5.97 Å². The highest BCUT2D eigenvalue weighted by molar-refractivity contribution is 7.07. The van der Waals surface area contributed by atoms with E-state index in [-0.39, 0.29) is 17.8 Å². The zero-order chi connectivity index (χ0) is 17.2. The van der Waals surface area contributed by atoms with E-state index in [2.05, 4.69) is 21.7 Å². The maximum absolute atomic E-state index is 12.8. The fraction of sp³-hybridized carbons (Fsp3) is 0.667. The van der Waals surface area contributed by atoms with Gasteiger partial charge in [-0.3, -0.25) is 14.5 Å². The van der Waals surface area contributed by atoms with E-state index in [9.17, 15) is 9.59 Å². The van der Waals surface area contributed by atoms with Gasteiger partial charge in [0.25, 0.3) is 0 Å². The number of carbonyl (C=O) groups is 2. The number of thiophene rings is 1. The lowest BCUT2D eigenvalue weighted by Gasteiger charge is -2.31. The number of nitrogens with zero attached hydrogens (tertiary/aromatic N) is 2. The van der Waals surface area contributed by atoms with Crippen LogP contribution >= 0.6 is 11.3 Å². The van der Waals surface area contributed by atoms with Crippen molar-refractivity contribution in [2.45, 2.75) is 33.2 Å². The standard InChI is InChI=1S/C18H26N2O3S/c1-3-23-17(22)18-6-4-7-19(9-15-5-8-24-12-15)10-16(18)11-20(13-18)14(2)21/h5,8,12,16H,3-4,6-7,9-11,13H2,1-2H3/t16-,18-/m1/s1. The Morgan fingerprint density at radius 2 is 2.25 bits per heavy atom. The summed E-state index contributed by atoms with van der Waals surface area (Å²) in [6.07, 6.45) is 1.77. The van der Waals surface area contributed by atoms with Crippen LogP contribution in [0.1, 0.15) is 32.3 Å². The Balaban J connectivity index is 1.80. The second-order valence-corrected chi connectivity index (χ2v) is 7.72. The summed E-state index contributed by atoms with van der Waals surface area (Å²) in [5.41, 5.74) is 0.801. The van der Waals surface area contributed by atoms with Crippen molar-refractivity contribution in [2.24, 2.45) is 11.3 Å². The Kier molecular flexibility index (Phi) is 5.25. The van der Waals surface area contributed by atoms with Gasteiger partial charge in [-0.15, -0.1) is 0 Å². The third-order valence-electron chi connectivity index (χ3n) is 5.38. The normalized spacial score (nSPS) is 27.6. The van der Waals surface area contributed by atoms with Crippen molar-refractivity contribution in [1.82, 2.24) is 9.80 Å². The van der Waals surface area contributed by atoms with E-state index in [0.717, 1.165) is 32.5 Å². The molecule has 0 bridgehead atoms. The molecule has 24 heavy (non-hydrogen) atoms. The van der Waals surface area contributed by atoms with Gasteiger partial charge in [-0.05, 0) is 48.7 Å². The van der Waals surface area contributed by atoms with Gasteiger partial charge in [0, 0.05) is 39.0 Å². The molecule has 2 fully saturated rings. The topological polar surface area (TPSA) is 49.9 Å². The highest BCUT2D eigenvalue weighted by Gasteiger charge is 2.54. The molecule has 0 aliphatic carbocycles. The van der Waals surface area contributed by atoms with Gasteiger partial charge in [-0.1, -0.05) is 0 Å². The molecule has 1 aromatic heterocycles. The van der Waals surface area contributed by atoms with Gasteiger partial charge in [-0.2, -0.15) is 11.3 Å². The SMILES string of the molecule is CCOC(=O)[C@@]12CCCN(Cc3ccsc3)C[C@@H]1CN(C(C)=O)C2. The number of esters is 1. The first-order valence-corrected chi connectivity index (χ1v) is 9.65. The molecule has 1 aromatic rings. The van der Waals surface area contributed by atoms with E-state index in [1.54, 1.807) is 18.3 Å². The number of ether oxygens (including phenoxy) is 1. The molecule has 3 rings (SSSR count). The fourth-order valence-corrected chi connectivity index (χ4v) is 4.80. The highest BCUT2D eigenvalue weighted by atomic mass is 32.1. The Morgan fingerprint density at radius 3 is 2.92 bits per heavy atom. The van der Waals surface area contributed by atoms with Crippen LogP contribution in [0.3, 0.4) is 0 Å². The molecule has 0 N–H and O–H groups in total. The summed E-state index contributed by atoms with van der Waals surface area (Å²) >= 11 is 1.71. The zero-order valence-electron chi connectivity index (χ0n) is 14.5. The third-order valence-corrected chi connectivity index (χ3v) is 6.12. The van der Waals surface area contributed by atoms with Crippen LogP contribution in [0.4, 0.5) is 0 Å². The van der Waals surface area contributed by atoms with Gasteiger partial charge < -0.3 is 9.64 Å². The lowest BCUT2D eigenvalue weighted by Crippen LogP contribution is -2.42. The second kappa shape index (κ2) is 7.23. The van der Waals surface area contributed by atoms with E-state index in [1.165, 1.54) is 5.56 Å². The van der Waals surface area contributed by atoms with Crippen LogP contribution in [0.25, 0.3) is 0 Å². The van der Waals surface area contributed by atoms with E-state index in [1.807, 2.05) is 11.8 Å². The minimum atomic E-state index is -0.523. The summed E-state index contributed by atoms with van der Waals surface area (Å²) in [6.45, 7) is 7.76. The first-order valence-electron chi connectivity index (χ1n) is 8.71. The molecule has 0 unspecified atom stereocenters. The molecule has 0 aromatic carbocycles. The molecular formula is C18H26N2O3S. The maximum atomic E-state index is 12.8. The number of likely N-dealkylation sites (tertiary alicyclic amines) is 2. The molecule has 2 atom stereocenters. The number of hydrogen-bond donors (Lipinski definition) is 0. The first kappa shape index (κ1) is 17.4. The van der Waals surface area contributed by atoms with Crippen molar-refractivity contribution >= 4 is 23.2 Å². The van der Waals surface area contributed by atoms with Crippen LogP contribution in [0, 0.1) is 11.3 Å². The minimum Gasteiger partial charge on any atom is -0.466 e. The maximum Gasteiger partial charge on any atom is 0.314 e. The average molecular weight is 350 g/mol. The molecule has 0 spiro atoms. The Morgan fingerprint density at radius 1 is 1.42 bits per heavy atom. The van der Waals surface area contributed by atoms with Crippen molar-refractivity contribution in [3.05, 3.63) is 22.4 Å². The summed E-state index contributed by atoms with van der Waals surface area (Å²) in [7, 11) is 0. The number of rotatable bonds is 4. The first-order chi connectivity index (χ1) is 11.5. The van der Waals surface area contributed by atoms with Crippen molar-refractivity contribution < 1.29 is 14.3 Å². The number of fused-ring (bicyclic) bond motifs is 1. The Bertz CT molecular complexity index is 589. The van der Waals surface area contributed by atoms with E-state index in [4.69, 9.17) is 4.74 Å². The molecule has 6 heteroatoms. The van der Waals surface area contributed by atoms with E-state index < -0.39 is 5.41 Å². The summed E-state index contributed by atoms with van der Waals surface area (Å²) in [4.78, 5) is 28.9. The second-order valence-electron chi connectivity index (χ2n) is 6.94. The summed E-state index contributed by atoms with van der Waals surface area (Å²) in [5.74, 6) is 0.0915. The number of amides is 1. The molecule has 1 amide bonds. The van der Waals surface area contributed by atoms with Crippen molar-refractivity contribution in [1.29, 1.82) is 0 Å². The molecule has 2 saturated heterocycles. The molecule has 2 aliphatic rings. The van der Waals surface area contributed by atoms with E-state index in [0.29, 0.717) is 19.7 Å². The largest absolute Gasteiger partial charge is 0.466 e. The third kappa shape index (κ3) is 3.35. The fourth-order valence-electron chi connectivity index (χ4n) is 4.14. The lowest BCUT2D eigenvalue weighted by molar-refractivity contribution is -0.157. The molecule has 132 valence electrons. The molecule has 2 aliphatic heterocycles. The van der Waals surface area contributed by atoms with Crippen molar-refractivity contribution in [3.8, 4) is 0 Å². The highest BCUT2D eigenvalue weighted by Crippen LogP contribution is 2.44. The summed E-state index contributed by atoms with van der Waals surface area (Å²) in [5, 5.41) is 4.28. The molecule has 5 nitrogen and oxygen atoms in total. The zero-order valence-corrected chi connectivity index (χ0v) is 15.3. The van der Waals surface area contributed by atoms with Crippen LogP contribution in [0.15, 0.2) is 16.8 Å². The molecule has 0 saturated carbocycles. The number of carbonyl (C=O) groups excluding carboxylic acids is 2. The van der Waals surface area contributed by atoms with Gasteiger partial charge in [0.2, 0.25) is 5.91 Å². The smallest absolute Gasteiger partial charge is 0.314 e. The van der Waals surface area contributed by atoms with E-state index >= 15 is 0 Å². The predicted octanol–water partition coefficient (Wildman–Crippen LogP) is 2.37. The van der Waals surface area contributed by atoms with Gasteiger partial charge in [0.1, 0.15) is 0 Å². The van der Waals surface area contributed by atoms with Crippen LogP contribution in [-0.4, -0.2) is 54.5 Å². The van der Waals surface area contributed by atoms with Crippen LogP contribution in [0.5, 0.6) is 0 Å². The van der Waals surface area contributed by atoms with Crippen molar-refractivity contribution in [2.75, 3.05) is 32.8 Å². The minimum absolute atomic E-state index is 0.0520. The molecule has 3 heterocycles. The van der Waals surface area contributed by atoms with Crippen LogP contribution in [-0.2, 0) is 20.9 Å². The number of hydrogen-bond acceptors (Lipinski definition) is 5. The monoisotopic (exact) mass is 350 g/mol. The van der Waals surface area contributed by atoms with Gasteiger partial charge in [0.15, 0.2) is 0 Å². The Labute approximate surface area is 147 Å². The lowest BCUT2D eigenvalue weighted by atomic mass is 9.75. The van der Waals surface area contributed by atoms with Crippen molar-refractivity contribution in [3.63, 3.8) is 0 Å². The summed E-state index contributed by atoms with van der Waals surface area (Å²) < 4.78 is 5.42. The molecular weight excluding hydrogens is 324 g/mol. The molecule has 0 radical (unpaired) electrons. The van der Waals surface area contributed by atoms with Crippen LogP contribution < -0.4 is 0 Å². The predicted molar refractivity (Wildman–Crippen MR) is 93.6 cm³/mol. The Hall–Kier alpha value is -1.40. The average Bonchev–Trinajstić information content (AvgIpc) is 3.13. The van der Waals surface area contributed by atoms with Gasteiger partial charge in [-0.25, -0.2) is 0 Å². The summed E-state index contributed by atoms with van der Waals surface area (Å²) in [6, 6.07) is 2.16.